The van der Waals surface area contributed by atoms with Crippen LogP contribution in [0.1, 0.15) is 12.0 Å². The number of aryl methyl sites for hydroxylation is 1. The van der Waals surface area contributed by atoms with Crippen LogP contribution >= 0.6 is 0 Å². The van der Waals surface area contributed by atoms with E-state index in [2.05, 4.69) is 17.0 Å². The minimum absolute atomic E-state index is 0.0493. The molecule has 2 aliphatic rings. The van der Waals surface area contributed by atoms with Gasteiger partial charge in [-0.1, -0.05) is 18.2 Å². The third kappa shape index (κ3) is 4.15. The average molecular weight is 430 g/mol. The van der Waals surface area contributed by atoms with Crippen molar-refractivity contribution in [3.05, 3.63) is 54.1 Å². The quantitative estimate of drug-likeness (QED) is 0.727. The first-order valence-electron chi connectivity index (χ1n) is 10.2. The van der Waals surface area contributed by atoms with E-state index in [0.717, 1.165) is 25.1 Å². The Morgan fingerprint density at radius 1 is 0.967 bits per heavy atom. The first-order valence-corrected chi connectivity index (χ1v) is 11.7. The van der Waals surface area contributed by atoms with Crippen LogP contribution in [0.2, 0.25) is 0 Å². The van der Waals surface area contributed by atoms with Crippen molar-refractivity contribution >= 4 is 21.6 Å². The Balaban J connectivity index is 1.37. The summed E-state index contributed by atoms with van der Waals surface area (Å²) in [4.78, 5) is 17.0. The fraction of sp³-hybridized carbons (Fsp3) is 0.409. The van der Waals surface area contributed by atoms with E-state index in [1.807, 2.05) is 12.1 Å². The molecule has 0 bridgehead atoms. The zero-order valence-corrected chi connectivity index (χ0v) is 18.0. The molecule has 0 aliphatic carbocycles. The van der Waals surface area contributed by atoms with Crippen molar-refractivity contribution in [1.82, 2.24) is 9.21 Å². The molecule has 0 saturated carbocycles. The molecule has 4 rings (SSSR count). The molecule has 160 valence electrons. The van der Waals surface area contributed by atoms with E-state index in [1.54, 1.807) is 36.3 Å². The fourth-order valence-corrected chi connectivity index (χ4v) is 5.54. The van der Waals surface area contributed by atoms with Crippen LogP contribution in [-0.4, -0.2) is 69.9 Å². The number of carbonyl (C=O) groups is 1. The number of carbonyl (C=O) groups excluding carboxylic acids is 1. The maximum Gasteiger partial charge on any atom is 0.243 e. The minimum atomic E-state index is -3.57. The second kappa shape index (κ2) is 8.65. The first-order chi connectivity index (χ1) is 14.5. The highest BCUT2D eigenvalue weighted by Crippen LogP contribution is 2.27. The zero-order valence-electron chi connectivity index (χ0n) is 17.2. The number of rotatable bonds is 5. The molecule has 0 radical (unpaired) electrons. The molecule has 2 aromatic carbocycles. The predicted octanol–water partition coefficient (Wildman–Crippen LogP) is 1.98. The van der Waals surface area contributed by atoms with Gasteiger partial charge in [0.05, 0.1) is 18.6 Å². The van der Waals surface area contributed by atoms with Crippen molar-refractivity contribution in [2.24, 2.45) is 0 Å². The number of benzene rings is 2. The number of piperazine rings is 1. The van der Waals surface area contributed by atoms with Crippen LogP contribution < -0.4 is 9.64 Å². The molecule has 1 saturated heterocycles. The summed E-state index contributed by atoms with van der Waals surface area (Å²) in [5.41, 5.74) is 2.42. The number of sulfonamides is 1. The normalized spacial score (nSPS) is 17.5. The number of ether oxygens (including phenoxy) is 1. The number of anilines is 1. The Bertz CT molecular complexity index is 999. The number of hydrogen-bond donors (Lipinski definition) is 0. The molecule has 2 aromatic rings. The number of fused-ring (bicyclic) bond motifs is 1. The maximum atomic E-state index is 12.9. The van der Waals surface area contributed by atoms with Gasteiger partial charge in [0.15, 0.2) is 0 Å². The summed E-state index contributed by atoms with van der Waals surface area (Å²) < 4.78 is 32.3. The molecule has 2 heterocycles. The summed E-state index contributed by atoms with van der Waals surface area (Å²) in [6.45, 7) is 2.62. The van der Waals surface area contributed by atoms with E-state index in [4.69, 9.17) is 4.74 Å². The Morgan fingerprint density at radius 3 is 2.37 bits per heavy atom. The minimum Gasteiger partial charge on any atom is -0.497 e. The molecule has 2 aliphatic heterocycles. The average Bonchev–Trinajstić information content (AvgIpc) is 2.79. The smallest absolute Gasteiger partial charge is 0.243 e. The van der Waals surface area contributed by atoms with Crippen LogP contribution in [0.4, 0.5) is 5.69 Å². The maximum absolute atomic E-state index is 12.9. The first kappa shape index (κ1) is 20.7. The largest absolute Gasteiger partial charge is 0.497 e. The van der Waals surface area contributed by atoms with Crippen molar-refractivity contribution in [2.75, 3.05) is 51.3 Å². The van der Waals surface area contributed by atoms with Gasteiger partial charge in [-0.25, -0.2) is 8.42 Å². The Kier molecular flexibility index (Phi) is 5.97. The summed E-state index contributed by atoms with van der Waals surface area (Å²) in [5, 5.41) is 0. The summed E-state index contributed by atoms with van der Waals surface area (Å²) in [7, 11) is -2.03. The number of para-hydroxylation sites is 1. The standard InChI is InChI=1S/C22H27N3O4S/c1-29-19-8-10-20(11-9-19)30(27,28)25-15-13-23(14-16-25)22(26)17-24-12-4-6-18-5-2-3-7-21(18)24/h2-3,5,7-11H,4,6,12-17H2,1H3. The molecule has 8 heteroatoms. The lowest BCUT2D eigenvalue weighted by Gasteiger charge is -2.36. The monoisotopic (exact) mass is 429 g/mol. The highest BCUT2D eigenvalue weighted by Gasteiger charge is 2.31. The molecular weight excluding hydrogens is 402 g/mol. The van der Waals surface area contributed by atoms with Crippen molar-refractivity contribution < 1.29 is 17.9 Å². The molecule has 1 fully saturated rings. The van der Waals surface area contributed by atoms with E-state index in [1.165, 1.54) is 9.87 Å². The van der Waals surface area contributed by atoms with Gasteiger partial charge in [0.1, 0.15) is 5.75 Å². The summed E-state index contributed by atoms with van der Waals surface area (Å²) in [6.07, 6.45) is 2.08. The topological polar surface area (TPSA) is 70.2 Å². The number of amides is 1. The Morgan fingerprint density at radius 2 is 1.67 bits per heavy atom. The van der Waals surface area contributed by atoms with Gasteiger partial charge in [0.2, 0.25) is 15.9 Å². The lowest BCUT2D eigenvalue weighted by atomic mass is 10.0. The van der Waals surface area contributed by atoms with Crippen LogP contribution in [0.15, 0.2) is 53.4 Å². The van der Waals surface area contributed by atoms with Crippen LogP contribution in [0.5, 0.6) is 5.75 Å². The summed E-state index contributed by atoms with van der Waals surface area (Å²) >= 11 is 0. The highest BCUT2D eigenvalue weighted by atomic mass is 32.2. The van der Waals surface area contributed by atoms with E-state index in [0.29, 0.717) is 38.5 Å². The van der Waals surface area contributed by atoms with E-state index < -0.39 is 10.0 Å². The van der Waals surface area contributed by atoms with E-state index in [9.17, 15) is 13.2 Å². The second-order valence-corrected chi connectivity index (χ2v) is 9.55. The number of methoxy groups -OCH3 is 1. The van der Waals surface area contributed by atoms with Crippen LogP contribution in [0.3, 0.4) is 0 Å². The van der Waals surface area contributed by atoms with Gasteiger partial charge in [0, 0.05) is 38.4 Å². The Hall–Kier alpha value is -2.58. The lowest BCUT2D eigenvalue weighted by Crippen LogP contribution is -2.52. The molecule has 1 amide bonds. The Labute approximate surface area is 177 Å². The molecule has 30 heavy (non-hydrogen) atoms. The van der Waals surface area contributed by atoms with Crippen molar-refractivity contribution in [1.29, 1.82) is 0 Å². The molecule has 0 N–H and O–H groups in total. The molecule has 0 spiro atoms. The van der Waals surface area contributed by atoms with Crippen molar-refractivity contribution in [3.63, 3.8) is 0 Å². The van der Waals surface area contributed by atoms with Gasteiger partial charge >= 0.3 is 0 Å². The summed E-state index contributed by atoms with van der Waals surface area (Å²) in [6, 6.07) is 14.6. The van der Waals surface area contributed by atoms with Gasteiger partial charge in [-0.15, -0.1) is 0 Å². The van der Waals surface area contributed by atoms with Gasteiger partial charge in [-0.2, -0.15) is 4.31 Å². The highest BCUT2D eigenvalue weighted by molar-refractivity contribution is 7.89. The van der Waals surface area contributed by atoms with Gasteiger partial charge in [0.25, 0.3) is 0 Å². The molecule has 0 atom stereocenters. The second-order valence-electron chi connectivity index (χ2n) is 7.61. The van der Waals surface area contributed by atoms with Gasteiger partial charge in [-0.05, 0) is 48.7 Å². The summed E-state index contributed by atoms with van der Waals surface area (Å²) in [5.74, 6) is 0.664. The molecule has 0 aromatic heterocycles. The molecular formula is C22H27N3O4S. The third-order valence-electron chi connectivity index (χ3n) is 5.82. The number of nitrogens with zero attached hydrogens (tertiary/aromatic N) is 3. The fourth-order valence-electron chi connectivity index (χ4n) is 4.11. The van der Waals surface area contributed by atoms with Crippen LogP contribution in [-0.2, 0) is 21.2 Å². The SMILES string of the molecule is COc1ccc(S(=O)(=O)N2CCN(C(=O)CN3CCCc4ccccc43)CC2)cc1. The lowest BCUT2D eigenvalue weighted by molar-refractivity contribution is -0.130. The van der Waals surface area contributed by atoms with Gasteiger partial charge in [-0.3, -0.25) is 4.79 Å². The molecule has 0 unspecified atom stereocenters. The van der Waals surface area contributed by atoms with Gasteiger partial charge < -0.3 is 14.5 Å². The van der Waals surface area contributed by atoms with E-state index >= 15 is 0 Å². The van der Waals surface area contributed by atoms with Crippen LogP contribution in [0, 0.1) is 0 Å². The third-order valence-corrected chi connectivity index (χ3v) is 7.73. The predicted molar refractivity (Wildman–Crippen MR) is 115 cm³/mol. The van der Waals surface area contributed by atoms with E-state index in [-0.39, 0.29) is 10.8 Å². The van der Waals surface area contributed by atoms with Crippen LogP contribution in [0.25, 0.3) is 0 Å². The van der Waals surface area contributed by atoms with Crippen molar-refractivity contribution in [3.8, 4) is 5.75 Å². The zero-order chi connectivity index (χ0) is 21.1. The molecule has 7 nitrogen and oxygen atoms in total. The van der Waals surface area contributed by atoms with Crippen molar-refractivity contribution in [2.45, 2.75) is 17.7 Å². The number of hydrogen-bond acceptors (Lipinski definition) is 5.